The molecular formula is C20H21N3OS. The smallest absolute Gasteiger partial charge is 0.261 e. The number of aryl methyl sites for hydroxylation is 1. The van der Waals surface area contributed by atoms with Gasteiger partial charge < -0.3 is 5.32 Å². The molecule has 128 valence electrons. The van der Waals surface area contributed by atoms with Gasteiger partial charge in [0.1, 0.15) is 0 Å². The number of aromatic nitrogens is 2. The van der Waals surface area contributed by atoms with Crippen LogP contribution < -0.4 is 5.32 Å². The Balaban J connectivity index is 1.53. The summed E-state index contributed by atoms with van der Waals surface area (Å²) >= 11 is 1.54. The molecule has 0 fully saturated rings. The fourth-order valence-electron chi connectivity index (χ4n) is 3.45. The number of amides is 1. The normalized spacial score (nSPS) is 16.4. The minimum absolute atomic E-state index is 0.0201. The second-order valence-electron chi connectivity index (χ2n) is 6.52. The molecule has 2 heterocycles. The largest absolute Gasteiger partial charge is 0.344 e. The van der Waals surface area contributed by atoms with Gasteiger partial charge in [0.2, 0.25) is 0 Å². The number of thiophene rings is 1. The zero-order valence-corrected chi connectivity index (χ0v) is 15.1. The van der Waals surface area contributed by atoms with Crippen LogP contribution in [0.1, 0.15) is 50.3 Å². The summed E-state index contributed by atoms with van der Waals surface area (Å²) in [6, 6.07) is 14.3. The monoisotopic (exact) mass is 351 g/mol. The summed E-state index contributed by atoms with van der Waals surface area (Å²) in [4.78, 5) is 14.4. The van der Waals surface area contributed by atoms with E-state index in [1.54, 1.807) is 0 Å². The number of nitrogens with one attached hydrogen (secondary N) is 1. The van der Waals surface area contributed by atoms with Gasteiger partial charge in [0.15, 0.2) is 0 Å². The molecule has 0 aliphatic heterocycles. The molecule has 1 N–H and O–H groups in total. The highest BCUT2D eigenvalue weighted by atomic mass is 32.1. The molecular weight excluding hydrogens is 330 g/mol. The van der Waals surface area contributed by atoms with Crippen LogP contribution in [0.4, 0.5) is 0 Å². The van der Waals surface area contributed by atoms with Gasteiger partial charge >= 0.3 is 0 Å². The van der Waals surface area contributed by atoms with Crippen LogP contribution >= 0.6 is 11.3 Å². The summed E-state index contributed by atoms with van der Waals surface area (Å²) in [7, 11) is 0. The van der Waals surface area contributed by atoms with Crippen LogP contribution in [0.5, 0.6) is 0 Å². The SMILES string of the molecule is Cc1ccc(C(=O)N[C@H]2CCCc3c2cnn3Cc2ccccc2)s1. The van der Waals surface area contributed by atoms with E-state index in [0.717, 1.165) is 35.6 Å². The topological polar surface area (TPSA) is 46.9 Å². The third-order valence-electron chi connectivity index (χ3n) is 4.71. The molecule has 1 aliphatic rings. The molecule has 0 saturated carbocycles. The van der Waals surface area contributed by atoms with Crippen molar-refractivity contribution < 1.29 is 4.79 Å². The van der Waals surface area contributed by atoms with Gasteiger partial charge in [-0.1, -0.05) is 30.3 Å². The molecule has 0 unspecified atom stereocenters. The number of rotatable bonds is 4. The van der Waals surface area contributed by atoms with Crippen molar-refractivity contribution in [2.75, 3.05) is 0 Å². The zero-order valence-electron chi connectivity index (χ0n) is 14.2. The van der Waals surface area contributed by atoms with Crippen molar-refractivity contribution in [1.29, 1.82) is 0 Å². The van der Waals surface area contributed by atoms with Crippen LogP contribution in [0.2, 0.25) is 0 Å². The molecule has 5 heteroatoms. The molecule has 4 rings (SSSR count). The Morgan fingerprint density at radius 3 is 2.88 bits per heavy atom. The Hall–Kier alpha value is -2.40. The number of carbonyl (C=O) groups excluding carboxylic acids is 1. The second-order valence-corrected chi connectivity index (χ2v) is 7.81. The lowest BCUT2D eigenvalue weighted by atomic mass is 9.93. The van der Waals surface area contributed by atoms with Gasteiger partial charge in [-0.25, -0.2) is 0 Å². The number of fused-ring (bicyclic) bond motifs is 1. The number of hydrogen-bond donors (Lipinski definition) is 1. The Morgan fingerprint density at radius 2 is 2.12 bits per heavy atom. The van der Waals surface area contributed by atoms with Gasteiger partial charge in [0.05, 0.1) is 23.7 Å². The Labute approximate surface area is 151 Å². The van der Waals surface area contributed by atoms with E-state index in [4.69, 9.17) is 0 Å². The first-order valence-electron chi connectivity index (χ1n) is 8.66. The van der Waals surface area contributed by atoms with Gasteiger partial charge in [-0.2, -0.15) is 5.10 Å². The molecule has 4 nitrogen and oxygen atoms in total. The molecule has 0 saturated heterocycles. The van der Waals surface area contributed by atoms with Crippen molar-refractivity contribution in [3.05, 3.63) is 75.2 Å². The Bertz CT molecular complexity index is 881. The molecule has 0 spiro atoms. The number of nitrogens with zero attached hydrogens (tertiary/aromatic N) is 2. The van der Waals surface area contributed by atoms with Crippen LogP contribution in [0.3, 0.4) is 0 Å². The Kier molecular flexibility index (Phi) is 4.40. The molecule has 1 atom stereocenters. The first kappa shape index (κ1) is 16.1. The molecule has 25 heavy (non-hydrogen) atoms. The summed E-state index contributed by atoms with van der Waals surface area (Å²) in [5, 5.41) is 7.80. The molecule has 0 bridgehead atoms. The van der Waals surface area contributed by atoms with Gasteiger partial charge in [0.25, 0.3) is 5.91 Å². The van der Waals surface area contributed by atoms with Crippen molar-refractivity contribution in [3.63, 3.8) is 0 Å². The zero-order chi connectivity index (χ0) is 17.2. The van der Waals surface area contributed by atoms with Crippen LogP contribution in [0, 0.1) is 6.92 Å². The standard InChI is InChI=1S/C20H21N3OS/c1-14-10-11-19(25-14)20(24)22-17-8-5-9-18-16(17)12-21-23(18)13-15-6-3-2-4-7-15/h2-4,6-7,10-12,17H,5,8-9,13H2,1H3,(H,22,24)/t17-/m0/s1. The second kappa shape index (κ2) is 6.84. The fourth-order valence-corrected chi connectivity index (χ4v) is 4.22. The van der Waals surface area contributed by atoms with Crippen molar-refractivity contribution in [2.24, 2.45) is 0 Å². The van der Waals surface area contributed by atoms with E-state index in [0.29, 0.717) is 0 Å². The molecule has 1 aliphatic carbocycles. The Morgan fingerprint density at radius 1 is 1.28 bits per heavy atom. The summed E-state index contributed by atoms with van der Waals surface area (Å²) in [6.45, 7) is 2.80. The van der Waals surface area contributed by atoms with Crippen molar-refractivity contribution >= 4 is 17.2 Å². The van der Waals surface area contributed by atoms with E-state index < -0.39 is 0 Å². The minimum Gasteiger partial charge on any atom is -0.344 e. The van der Waals surface area contributed by atoms with Gasteiger partial charge in [0, 0.05) is 16.1 Å². The van der Waals surface area contributed by atoms with Gasteiger partial charge in [-0.15, -0.1) is 11.3 Å². The number of benzene rings is 1. The van der Waals surface area contributed by atoms with E-state index in [1.807, 2.05) is 31.3 Å². The third-order valence-corrected chi connectivity index (χ3v) is 5.71. The van der Waals surface area contributed by atoms with E-state index in [-0.39, 0.29) is 11.9 Å². The van der Waals surface area contributed by atoms with E-state index in [2.05, 4.69) is 39.4 Å². The van der Waals surface area contributed by atoms with Gasteiger partial charge in [-0.3, -0.25) is 9.48 Å². The third kappa shape index (κ3) is 3.37. The van der Waals surface area contributed by atoms with E-state index >= 15 is 0 Å². The van der Waals surface area contributed by atoms with E-state index in [9.17, 15) is 4.79 Å². The van der Waals surface area contributed by atoms with Crippen LogP contribution in [-0.2, 0) is 13.0 Å². The lowest BCUT2D eigenvalue weighted by Crippen LogP contribution is -2.30. The summed E-state index contributed by atoms with van der Waals surface area (Å²) < 4.78 is 2.08. The predicted molar refractivity (Wildman–Crippen MR) is 100.0 cm³/mol. The van der Waals surface area contributed by atoms with Crippen molar-refractivity contribution in [3.8, 4) is 0 Å². The maximum Gasteiger partial charge on any atom is 0.261 e. The predicted octanol–water partition coefficient (Wildman–Crippen LogP) is 4.11. The van der Waals surface area contributed by atoms with Crippen LogP contribution in [-0.4, -0.2) is 15.7 Å². The quantitative estimate of drug-likeness (QED) is 0.769. The highest BCUT2D eigenvalue weighted by Crippen LogP contribution is 2.30. The maximum atomic E-state index is 12.5. The average molecular weight is 351 g/mol. The molecule has 2 aromatic heterocycles. The number of carbonyl (C=O) groups is 1. The first-order chi connectivity index (χ1) is 12.2. The summed E-state index contributed by atoms with van der Waals surface area (Å²) in [6.07, 6.45) is 5.00. The summed E-state index contributed by atoms with van der Waals surface area (Å²) in [5.41, 5.74) is 3.67. The molecule has 1 aromatic carbocycles. The molecule has 3 aromatic rings. The fraction of sp³-hybridized carbons (Fsp3) is 0.300. The van der Waals surface area contributed by atoms with Crippen LogP contribution in [0.15, 0.2) is 48.7 Å². The molecule has 1 amide bonds. The molecule has 0 radical (unpaired) electrons. The first-order valence-corrected chi connectivity index (χ1v) is 9.48. The lowest BCUT2D eigenvalue weighted by molar-refractivity contribution is 0.0937. The van der Waals surface area contributed by atoms with Crippen molar-refractivity contribution in [2.45, 2.75) is 38.8 Å². The average Bonchev–Trinajstić information content (AvgIpc) is 3.23. The minimum atomic E-state index is 0.0201. The highest BCUT2D eigenvalue weighted by Gasteiger charge is 2.26. The lowest BCUT2D eigenvalue weighted by Gasteiger charge is -2.24. The number of hydrogen-bond acceptors (Lipinski definition) is 3. The highest BCUT2D eigenvalue weighted by molar-refractivity contribution is 7.13. The van der Waals surface area contributed by atoms with Gasteiger partial charge in [-0.05, 0) is 43.9 Å². The maximum absolute atomic E-state index is 12.5. The van der Waals surface area contributed by atoms with Crippen LogP contribution in [0.25, 0.3) is 0 Å². The van der Waals surface area contributed by atoms with E-state index in [1.165, 1.54) is 28.2 Å². The summed E-state index contributed by atoms with van der Waals surface area (Å²) in [5.74, 6) is 0.0201. The van der Waals surface area contributed by atoms with Crippen molar-refractivity contribution in [1.82, 2.24) is 15.1 Å².